The zero-order chi connectivity index (χ0) is 21.2. The lowest BCUT2D eigenvalue weighted by atomic mass is 9.98. The largest absolute Gasteiger partial charge is 0.496 e. The number of fused-ring (bicyclic) bond motifs is 6. The molecule has 2 aromatic carbocycles. The summed E-state index contributed by atoms with van der Waals surface area (Å²) in [6, 6.07) is 7.12. The molecular formula is C23H22N2O5. The van der Waals surface area contributed by atoms with E-state index in [1.54, 1.807) is 23.8 Å². The van der Waals surface area contributed by atoms with E-state index < -0.39 is 0 Å². The SMILES string of the molecule is COc1cc2c(=O)c(CCN(C)C)c3n(c2cc1C)C(=O)c1cc2c(cc1-3)OCO2. The van der Waals surface area contributed by atoms with Crippen molar-refractivity contribution in [1.29, 1.82) is 0 Å². The van der Waals surface area contributed by atoms with Crippen LogP contribution in [0.3, 0.4) is 0 Å². The van der Waals surface area contributed by atoms with Gasteiger partial charge < -0.3 is 19.1 Å². The van der Waals surface area contributed by atoms with Crippen LogP contribution in [0.2, 0.25) is 0 Å². The average Bonchev–Trinajstić information content (AvgIpc) is 3.28. The Labute approximate surface area is 173 Å². The highest BCUT2D eigenvalue weighted by Gasteiger charge is 2.34. The summed E-state index contributed by atoms with van der Waals surface area (Å²) in [5, 5.41) is 0.483. The Hall–Kier alpha value is -3.32. The van der Waals surface area contributed by atoms with Crippen LogP contribution in [0, 0.1) is 6.92 Å². The fourth-order valence-electron chi connectivity index (χ4n) is 4.28. The molecule has 30 heavy (non-hydrogen) atoms. The van der Waals surface area contributed by atoms with Gasteiger partial charge in [0.25, 0.3) is 5.91 Å². The van der Waals surface area contributed by atoms with Gasteiger partial charge in [-0.15, -0.1) is 0 Å². The first-order chi connectivity index (χ1) is 14.4. The summed E-state index contributed by atoms with van der Waals surface area (Å²) in [4.78, 5) is 29.1. The van der Waals surface area contributed by atoms with Crippen LogP contribution in [0.15, 0.2) is 29.1 Å². The van der Waals surface area contributed by atoms with E-state index in [4.69, 9.17) is 14.2 Å². The smallest absolute Gasteiger partial charge is 0.263 e. The molecular weight excluding hydrogens is 384 g/mol. The number of pyridine rings is 1. The minimum atomic E-state index is -0.168. The number of likely N-dealkylation sites (N-methyl/N-ethyl adjacent to an activating group) is 1. The number of methoxy groups -OCH3 is 1. The molecule has 0 saturated carbocycles. The summed E-state index contributed by atoms with van der Waals surface area (Å²) in [6.07, 6.45) is 0.522. The van der Waals surface area contributed by atoms with Gasteiger partial charge in [0.2, 0.25) is 6.79 Å². The first-order valence-corrected chi connectivity index (χ1v) is 9.80. The molecule has 0 atom stereocenters. The fourth-order valence-corrected chi connectivity index (χ4v) is 4.28. The summed E-state index contributed by atoms with van der Waals surface area (Å²) in [5.74, 6) is 1.60. The minimum absolute atomic E-state index is 0.0743. The number of carbonyl (C=O) groups is 1. The third kappa shape index (κ3) is 2.55. The van der Waals surface area contributed by atoms with Crippen LogP contribution in [0.1, 0.15) is 21.5 Å². The predicted octanol–water partition coefficient (Wildman–Crippen LogP) is 2.82. The molecule has 0 radical (unpaired) electrons. The van der Waals surface area contributed by atoms with E-state index in [1.807, 2.05) is 38.1 Å². The van der Waals surface area contributed by atoms with Gasteiger partial charge in [0, 0.05) is 17.7 Å². The summed E-state index contributed by atoms with van der Waals surface area (Å²) >= 11 is 0. The van der Waals surface area contributed by atoms with Crippen molar-refractivity contribution in [2.45, 2.75) is 13.3 Å². The maximum Gasteiger partial charge on any atom is 0.263 e. The van der Waals surface area contributed by atoms with Crippen molar-refractivity contribution in [2.24, 2.45) is 0 Å². The van der Waals surface area contributed by atoms with Gasteiger partial charge in [-0.2, -0.15) is 0 Å². The molecule has 0 aliphatic carbocycles. The first kappa shape index (κ1) is 18.7. The van der Waals surface area contributed by atoms with Crippen LogP contribution in [0.5, 0.6) is 17.2 Å². The monoisotopic (exact) mass is 406 g/mol. The average molecular weight is 406 g/mol. The van der Waals surface area contributed by atoms with Crippen molar-refractivity contribution in [1.82, 2.24) is 9.47 Å². The standard InChI is InChI=1S/C23H22N2O5/c1-12-7-17-16(10-18(12)28-4)22(26)13(5-6-24(2)3)21-14-8-19-20(30-11-29-19)9-15(14)23(27)25(17)21/h7-10H,5-6,11H2,1-4H3. The van der Waals surface area contributed by atoms with E-state index in [2.05, 4.69) is 0 Å². The van der Waals surface area contributed by atoms with Gasteiger partial charge in [0.15, 0.2) is 16.9 Å². The van der Waals surface area contributed by atoms with E-state index in [1.165, 1.54) is 0 Å². The van der Waals surface area contributed by atoms with E-state index in [0.29, 0.717) is 63.5 Å². The normalized spacial score (nSPS) is 13.8. The lowest BCUT2D eigenvalue weighted by Gasteiger charge is -2.17. The predicted molar refractivity (Wildman–Crippen MR) is 113 cm³/mol. The molecule has 0 spiro atoms. The quantitative estimate of drug-likeness (QED) is 0.519. The van der Waals surface area contributed by atoms with Crippen molar-refractivity contribution in [3.8, 4) is 28.5 Å². The molecule has 0 N–H and O–H groups in total. The Kier molecular flexibility index (Phi) is 4.11. The first-order valence-electron chi connectivity index (χ1n) is 9.80. The summed E-state index contributed by atoms with van der Waals surface area (Å²) < 4.78 is 18.1. The minimum Gasteiger partial charge on any atom is -0.496 e. The highest BCUT2D eigenvalue weighted by Crippen LogP contribution is 2.44. The third-order valence-corrected chi connectivity index (χ3v) is 5.79. The van der Waals surface area contributed by atoms with Gasteiger partial charge in [-0.05, 0) is 57.3 Å². The lowest BCUT2D eigenvalue weighted by Crippen LogP contribution is -2.23. The van der Waals surface area contributed by atoms with E-state index in [9.17, 15) is 9.59 Å². The van der Waals surface area contributed by atoms with Crippen LogP contribution < -0.4 is 19.6 Å². The van der Waals surface area contributed by atoms with Crippen molar-refractivity contribution < 1.29 is 19.0 Å². The highest BCUT2D eigenvalue weighted by atomic mass is 16.7. The zero-order valence-electron chi connectivity index (χ0n) is 17.4. The Bertz CT molecular complexity index is 1290. The molecule has 0 unspecified atom stereocenters. The van der Waals surface area contributed by atoms with Gasteiger partial charge in [-0.1, -0.05) is 0 Å². The fraction of sp³-hybridized carbons (Fsp3) is 0.304. The van der Waals surface area contributed by atoms with Gasteiger partial charge in [0.05, 0.1) is 29.3 Å². The van der Waals surface area contributed by atoms with E-state index >= 15 is 0 Å². The van der Waals surface area contributed by atoms with Gasteiger partial charge in [-0.25, -0.2) is 0 Å². The number of hydrogen-bond donors (Lipinski definition) is 0. The number of nitrogens with zero attached hydrogens (tertiary/aromatic N) is 2. The molecule has 0 fully saturated rings. The lowest BCUT2D eigenvalue weighted by molar-refractivity contribution is 0.0972. The van der Waals surface area contributed by atoms with Crippen LogP contribution in [-0.4, -0.2) is 49.9 Å². The summed E-state index contributed by atoms with van der Waals surface area (Å²) in [6.45, 7) is 2.71. The van der Waals surface area contributed by atoms with Gasteiger partial charge in [-0.3, -0.25) is 14.2 Å². The zero-order valence-corrected chi connectivity index (χ0v) is 17.4. The number of hydrogen-bond acceptors (Lipinski definition) is 6. The Morgan fingerprint density at radius 3 is 2.43 bits per heavy atom. The topological polar surface area (TPSA) is 70.0 Å². The second-order valence-electron chi connectivity index (χ2n) is 7.94. The molecule has 2 aliphatic heterocycles. The summed E-state index contributed by atoms with van der Waals surface area (Å²) in [7, 11) is 5.50. The molecule has 0 bridgehead atoms. The number of ether oxygens (including phenoxy) is 3. The van der Waals surface area contributed by atoms with E-state index in [0.717, 1.165) is 5.56 Å². The molecule has 0 saturated heterocycles. The molecule has 5 rings (SSSR count). The third-order valence-electron chi connectivity index (χ3n) is 5.79. The summed E-state index contributed by atoms with van der Waals surface area (Å²) in [5.41, 5.74) is 3.87. The van der Waals surface area contributed by atoms with Crippen molar-refractivity contribution in [3.63, 3.8) is 0 Å². The van der Waals surface area contributed by atoms with Crippen LogP contribution in [0.4, 0.5) is 0 Å². The van der Waals surface area contributed by atoms with Crippen LogP contribution in [0.25, 0.3) is 22.2 Å². The number of aryl methyl sites for hydroxylation is 1. The molecule has 0 amide bonds. The number of aromatic nitrogens is 1. The molecule has 154 valence electrons. The number of rotatable bonds is 4. The highest BCUT2D eigenvalue weighted by molar-refractivity contribution is 6.14. The maximum atomic E-state index is 13.6. The Balaban J connectivity index is 1.88. The molecule has 2 aliphatic rings. The Morgan fingerprint density at radius 1 is 1.07 bits per heavy atom. The second kappa shape index (κ2) is 6.60. The van der Waals surface area contributed by atoms with Crippen LogP contribution in [-0.2, 0) is 6.42 Å². The van der Waals surface area contributed by atoms with Crippen molar-refractivity contribution >= 4 is 16.8 Å². The Morgan fingerprint density at radius 2 is 1.77 bits per heavy atom. The van der Waals surface area contributed by atoms with Crippen molar-refractivity contribution in [2.75, 3.05) is 34.5 Å². The van der Waals surface area contributed by atoms with Gasteiger partial charge in [0.1, 0.15) is 5.75 Å². The van der Waals surface area contributed by atoms with E-state index in [-0.39, 0.29) is 18.1 Å². The second-order valence-corrected chi connectivity index (χ2v) is 7.94. The molecule has 7 nitrogen and oxygen atoms in total. The van der Waals surface area contributed by atoms with Crippen LogP contribution >= 0.6 is 0 Å². The number of benzene rings is 2. The molecule has 1 aromatic heterocycles. The van der Waals surface area contributed by atoms with Crippen molar-refractivity contribution in [3.05, 3.63) is 51.2 Å². The molecule has 7 heteroatoms. The maximum absolute atomic E-state index is 13.6. The van der Waals surface area contributed by atoms with Gasteiger partial charge >= 0.3 is 0 Å². The number of carbonyl (C=O) groups excluding carboxylic acids is 1. The molecule has 3 aromatic rings. The molecule has 3 heterocycles.